The van der Waals surface area contributed by atoms with E-state index in [-0.39, 0.29) is 24.3 Å². The number of nitro benzene ring substituents is 1. The lowest BCUT2D eigenvalue weighted by Crippen LogP contribution is -2.16. The molecule has 2 aromatic carbocycles. The van der Waals surface area contributed by atoms with Gasteiger partial charge in [-0.15, -0.1) is 0 Å². The van der Waals surface area contributed by atoms with E-state index in [0.717, 1.165) is 5.56 Å². The van der Waals surface area contributed by atoms with Crippen LogP contribution in [0.1, 0.15) is 49.4 Å². The number of carbonyl (C=O) groups is 1. The lowest BCUT2D eigenvalue weighted by atomic mass is 9.89. The Balaban J connectivity index is 1.91. The van der Waals surface area contributed by atoms with Crippen molar-refractivity contribution in [3.63, 3.8) is 0 Å². The molecule has 1 heterocycles. The summed E-state index contributed by atoms with van der Waals surface area (Å²) in [5, 5.41) is 11.4. The molecular weight excluding hydrogens is 374 g/mol. The van der Waals surface area contributed by atoms with Crippen LogP contribution in [0.2, 0.25) is 0 Å². The van der Waals surface area contributed by atoms with Crippen LogP contribution in [0.5, 0.6) is 5.75 Å². The van der Waals surface area contributed by atoms with Crippen molar-refractivity contribution in [2.24, 2.45) is 0 Å². The molecule has 0 amide bonds. The maximum absolute atomic E-state index is 12.6. The molecular formula is C22H23NO6. The van der Waals surface area contributed by atoms with E-state index in [4.69, 9.17) is 13.9 Å². The van der Waals surface area contributed by atoms with E-state index >= 15 is 0 Å². The molecule has 7 heteroatoms. The fourth-order valence-corrected chi connectivity index (χ4v) is 2.98. The van der Waals surface area contributed by atoms with Gasteiger partial charge < -0.3 is 13.9 Å². The number of hydrogen-bond donors (Lipinski definition) is 0. The first-order valence-corrected chi connectivity index (χ1v) is 9.31. The van der Waals surface area contributed by atoms with Crippen LogP contribution < -0.4 is 4.74 Å². The molecule has 0 N–H and O–H groups in total. The molecule has 0 aliphatic carbocycles. The molecule has 0 radical (unpaired) electrons. The molecule has 0 spiro atoms. The van der Waals surface area contributed by atoms with Crippen LogP contribution >= 0.6 is 0 Å². The lowest BCUT2D eigenvalue weighted by Gasteiger charge is -2.16. The quantitative estimate of drug-likeness (QED) is 0.314. The summed E-state index contributed by atoms with van der Waals surface area (Å²) >= 11 is 0. The van der Waals surface area contributed by atoms with Crippen LogP contribution in [0.25, 0.3) is 11.0 Å². The van der Waals surface area contributed by atoms with Crippen molar-refractivity contribution < 1.29 is 23.6 Å². The Kier molecular flexibility index (Phi) is 5.59. The molecule has 0 atom stereocenters. The summed E-state index contributed by atoms with van der Waals surface area (Å²) < 4.78 is 17.0. The minimum absolute atomic E-state index is 0.0300. The fraction of sp³-hybridized carbons (Fsp3) is 0.318. The van der Waals surface area contributed by atoms with Gasteiger partial charge in [0.05, 0.1) is 11.5 Å². The van der Waals surface area contributed by atoms with Crippen LogP contribution in [-0.4, -0.2) is 17.5 Å². The fourth-order valence-electron chi connectivity index (χ4n) is 2.98. The number of nitrogens with zero attached hydrogens (tertiary/aromatic N) is 1. The Morgan fingerprint density at radius 2 is 1.83 bits per heavy atom. The number of nitro groups is 1. The van der Waals surface area contributed by atoms with Gasteiger partial charge in [0.1, 0.15) is 29.3 Å². The van der Waals surface area contributed by atoms with E-state index in [1.54, 1.807) is 37.3 Å². The topological polar surface area (TPSA) is 91.8 Å². The maximum Gasteiger partial charge on any atom is 0.342 e. The van der Waals surface area contributed by atoms with Gasteiger partial charge in [-0.1, -0.05) is 20.8 Å². The van der Waals surface area contributed by atoms with Crippen molar-refractivity contribution in [2.75, 3.05) is 6.61 Å². The Hall–Kier alpha value is -3.35. The highest BCUT2D eigenvalue weighted by Crippen LogP contribution is 2.36. The van der Waals surface area contributed by atoms with Gasteiger partial charge in [0, 0.05) is 22.9 Å². The number of carbonyl (C=O) groups excluding carboxylic acids is 1. The highest BCUT2D eigenvalue weighted by Gasteiger charge is 2.30. The normalized spacial score (nSPS) is 11.4. The number of fused-ring (bicyclic) bond motifs is 1. The van der Waals surface area contributed by atoms with E-state index in [1.165, 1.54) is 12.1 Å². The standard InChI is InChI=1S/C22H23NO6/c1-5-27-21(24)19-17-12-16(10-11-18(17)29-20(19)22(2,3)4)28-13-14-6-8-15(9-7-14)23(25)26/h6-12H,5,13H2,1-4H3. The van der Waals surface area contributed by atoms with Gasteiger partial charge in [0.15, 0.2) is 0 Å². The van der Waals surface area contributed by atoms with E-state index in [1.807, 2.05) is 20.8 Å². The summed E-state index contributed by atoms with van der Waals surface area (Å²) in [7, 11) is 0. The van der Waals surface area contributed by atoms with Crippen molar-refractivity contribution in [3.8, 4) is 5.75 Å². The second-order valence-electron chi connectivity index (χ2n) is 7.65. The number of non-ortho nitro benzene ring substituents is 1. The molecule has 0 unspecified atom stereocenters. The monoisotopic (exact) mass is 397 g/mol. The predicted molar refractivity (Wildman–Crippen MR) is 108 cm³/mol. The van der Waals surface area contributed by atoms with Gasteiger partial charge in [0.25, 0.3) is 5.69 Å². The van der Waals surface area contributed by atoms with Crippen LogP contribution in [-0.2, 0) is 16.8 Å². The van der Waals surface area contributed by atoms with E-state index < -0.39 is 10.9 Å². The molecule has 3 rings (SSSR count). The zero-order valence-electron chi connectivity index (χ0n) is 16.9. The highest BCUT2D eigenvalue weighted by atomic mass is 16.6. The molecule has 0 aliphatic rings. The molecule has 0 fully saturated rings. The zero-order valence-corrected chi connectivity index (χ0v) is 16.9. The summed E-state index contributed by atoms with van der Waals surface area (Å²) in [5.74, 6) is 0.699. The highest BCUT2D eigenvalue weighted by molar-refractivity contribution is 6.05. The van der Waals surface area contributed by atoms with Gasteiger partial charge in [-0.25, -0.2) is 4.79 Å². The summed E-state index contributed by atoms with van der Waals surface area (Å²) in [6.07, 6.45) is 0. The van der Waals surface area contributed by atoms with Crippen molar-refractivity contribution in [3.05, 3.63) is 69.5 Å². The van der Waals surface area contributed by atoms with Crippen molar-refractivity contribution in [1.82, 2.24) is 0 Å². The number of benzene rings is 2. The first-order valence-electron chi connectivity index (χ1n) is 9.31. The predicted octanol–water partition coefficient (Wildman–Crippen LogP) is 5.39. The van der Waals surface area contributed by atoms with Gasteiger partial charge >= 0.3 is 5.97 Å². The smallest absolute Gasteiger partial charge is 0.342 e. The van der Waals surface area contributed by atoms with Crippen LogP contribution in [0, 0.1) is 10.1 Å². The third-order valence-electron chi connectivity index (χ3n) is 4.37. The number of esters is 1. The van der Waals surface area contributed by atoms with Crippen molar-refractivity contribution in [2.45, 2.75) is 39.7 Å². The van der Waals surface area contributed by atoms with Crippen LogP contribution in [0.15, 0.2) is 46.9 Å². The Labute approximate surface area is 168 Å². The Morgan fingerprint density at radius 1 is 1.14 bits per heavy atom. The Bertz CT molecular complexity index is 1040. The first-order chi connectivity index (χ1) is 13.7. The minimum Gasteiger partial charge on any atom is -0.489 e. The summed E-state index contributed by atoms with van der Waals surface area (Å²) in [6.45, 7) is 8.18. The average molecular weight is 397 g/mol. The molecule has 0 saturated heterocycles. The molecule has 29 heavy (non-hydrogen) atoms. The third-order valence-corrected chi connectivity index (χ3v) is 4.37. The van der Waals surface area contributed by atoms with Gasteiger partial charge in [0.2, 0.25) is 0 Å². The molecule has 1 aromatic heterocycles. The van der Waals surface area contributed by atoms with E-state index in [2.05, 4.69) is 0 Å². The zero-order chi connectivity index (χ0) is 21.2. The summed E-state index contributed by atoms with van der Waals surface area (Å²) in [4.78, 5) is 22.9. The summed E-state index contributed by atoms with van der Waals surface area (Å²) in [5.41, 5.74) is 1.45. The number of ether oxygens (including phenoxy) is 2. The molecule has 0 aliphatic heterocycles. The third kappa shape index (κ3) is 4.39. The second kappa shape index (κ2) is 7.95. The van der Waals surface area contributed by atoms with Crippen LogP contribution in [0.3, 0.4) is 0 Å². The Morgan fingerprint density at radius 3 is 2.41 bits per heavy atom. The number of rotatable bonds is 6. The first kappa shape index (κ1) is 20.4. The molecule has 3 aromatic rings. The van der Waals surface area contributed by atoms with Crippen molar-refractivity contribution in [1.29, 1.82) is 0 Å². The maximum atomic E-state index is 12.6. The van der Waals surface area contributed by atoms with Crippen LogP contribution in [0.4, 0.5) is 5.69 Å². The number of hydrogen-bond acceptors (Lipinski definition) is 6. The average Bonchev–Trinajstić information content (AvgIpc) is 3.06. The van der Waals surface area contributed by atoms with E-state index in [9.17, 15) is 14.9 Å². The SMILES string of the molecule is CCOC(=O)c1c(C(C)(C)C)oc2ccc(OCc3ccc([N+](=O)[O-])cc3)cc12. The number of furan rings is 1. The second-order valence-corrected chi connectivity index (χ2v) is 7.65. The molecule has 0 saturated carbocycles. The largest absolute Gasteiger partial charge is 0.489 e. The van der Waals surface area contributed by atoms with E-state index in [0.29, 0.717) is 28.0 Å². The molecule has 152 valence electrons. The van der Waals surface area contributed by atoms with Gasteiger partial charge in [-0.05, 0) is 42.8 Å². The molecule has 7 nitrogen and oxygen atoms in total. The van der Waals surface area contributed by atoms with Crippen molar-refractivity contribution >= 4 is 22.6 Å². The molecule has 0 bridgehead atoms. The lowest BCUT2D eigenvalue weighted by molar-refractivity contribution is -0.384. The minimum atomic E-state index is -0.443. The summed E-state index contributed by atoms with van der Waals surface area (Å²) in [6, 6.07) is 11.5. The van der Waals surface area contributed by atoms with Gasteiger partial charge in [-0.2, -0.15) is 0 Å². The van der Waals surface area contributed by atoms with Gasteiger partial charge in [-0.3, -0.25) is 10.1 Å².